The summed E-state index contributed by atoms with van der Waals surface area (Å²) in [7, 11) is 1.67. The Balaban J connectivity index is 1.90. The maximum absolute atomic E-state index is 5.23. The number of benzene rings is 1. The second-order valence-electron chi connectivity index (χ2n) is 4.18. The maximum Gasteiger partial charge on any atom is 0.134 e. The molecule has 0 radical (unpaired) electrons. The number of aromatic amines is 1. The van der Waals surface area contributed by atoms with E-state index in [9.17, 15) is 0 Å². The van der Waals surface area contributed by atoms with E-state index in [1.165, 1.54) is 0 Å². The molecule has 0 amide bonds. The summed E-state index contributed by atoms with van der Waals surface area (Å²) in [5, 5.41) is 5.47. The van der Waals surface area contributed by atoms with Crippen molar-refractivity contribution in [1.82, 2.24) is 15.0 Å². The Hall–Kier alpha value is -2.56. The normalized spacial score (nSPS) is 10.6. The Labute approximate surface area is 110 Å². The van der Waals surface area contributed by atoms with Gasteiger partial charge in [-0.15, -0.1) is 0 Å². The van der Waals surface area contributed by atoms with Crippen LogP contribution in [0.3, 0.4) is 0 Å². The number of hydrogen-bond acceptors (Lipinski definition) is 4. The predicted molar refractivity (Wildman–Crippen MR) is 74.2 cm³/mol. The molecule has 5 nitrogen and oxygen atoms in total. The molecule has 0 unspecified atom stereocenters. The summed E-state index contributed by atoms with van der Waals surface area (Å²) in [5.41, 5.74) is 1.02. The molecule has 19 heavy (non-hydrogen) atoms. The van der Waals surface area contributed by atoms with Crippen LogP contribution in [0.4, 0.5) is 5.82 Å². The van der Waals surface area contributed by atoms with Crippen molar-refractivity contribution >= 4 is 16.6 Å². The van der Waals surface area contributed by atoms with Gasteiger partial charge < -0.3 is 15.0 Å². The third kappa shape index (κ3) is 2.35. The minimum Gasteiger partial charge on any atom is -0.497 e. The van der Waals surface area contributed by atoms with Crippen LogP contribution < -0.4 is 10.1 Å². The number of H-pyrrole nitrogens is 1. The number of rotatable bonds is 4. The molecule has 0 fully saturated rings. The minimum absolute atomic E-state index is 0.665. The fourth-order valence-corrected chi connectivity index (χ4v) is 1.98. The van der Waals surface area contributed by atoms with Crippen molar-refractivity contribution < 1.29 is 4.74 Å². The Kier molecular flexibility index (Phi) is 3.02. The molecule has 2 heterocycles. The summed E-state index contributed by atoms with van der Waals surface area (Å²) in [5.74, 6) is 1.70. The molecule has 3 aromatic rings. The monoisotopic (exact) mass is 254 g/mol. The van der Waals surface area contributed by atoms with Crippen LogP contribution in [0.2, 0.25) is 0 Å². The van der Waals surface area contributed by atoms with E-state index < -0.39 is 0 Å². The van der Waals surface area contributed by atoms with Gasteiger partial charge in [-0.25, -0.2) is 9.97 Å². The molecule has 5 heteroatoms. The van der Waals surface area contributed by atoms with E-state index in [0.29, 0.717) is 6.54 Å². The zero-order valence-electron chi connectivity index (χ0n) is 10.6. The third-order valence-electron chi connectivity index (χ3n) is 2.97. The molecule has 0 bridgehead atoms. The Morgan fingerprint density at radius 3 is 3.05 bits per heavy atom. The topological polar surface area (TPSA) is 62.8 Å². The zero-order chi connectivity index (χ0) is 13.1. The van der Waals surface area contributed by atoms with Gasteiger partial charge in [0.25, 0.3) is 0 Å². The van der Waals surface area contributed by atoms with Gasteiger partial charge in [0, 0.05) is 17.8 Å². The van der Waals surface area contributed by atoms with Crippen LogP contribution in [0.5, 0.6) is 5.75 Å². The first kappa shape index (κ1) is 11.5. The molecular weight excluding hydrogens is 240 g/mol. The second-order valence-corrected chi connectivity index (χ2v) is 4.18. The van der Waals surface area contributed by atoms with Crippen LogP contribution in [-0.4, -0.2) is 22.1 Å². The van der Waals surface area contributed by atoms with Crippen molar-refractivity contribution in [2.75, 3.05) is 12.4 Å². The fraction of sp³-hybridized carbons (Fsp3) is 0.143. The van der Waals surface area contributed by atoms with Gasteiger partial charge in [-0.3, -0.25) is 0 Å². The largest absolute Gasteiger partial charge is 0.497 e. The van der Waals surface area contributed by atoms with Crippen LogP contribution in [0.15, 0.2) is 43.0 Å². The number of nitrogens with one attached hydrogen (secondary N) is 2. The summed E-state index contributed by atoms with van der Waals surface area (Å²) >= 11 is 0. The molecule has 0 aliphatic heterocycles. The van der Waals surface area contributed by atoms with E-state index in [1.807, 2.05) is 24.3 Å². The number of aromatic nitrogens is 3. The molecule has 0 saturated carbocycles. The highest BCUT2D eigenvalue weighted by molar-refractivity contribution is 5.92. The van der Waals surface area contributed by atoms with Gasteiger partial charge in [-0.05, 0) is 29.7 Å². The molecule has 0 aliphatic carbocycles. The highest BCUT2D eigenvalue weighted by Gasteiger charge is 2.03. The van der Waals surface area contributed by atoms with Crippen LogP contribution in [0, 0.1) is 0 Å². The molecule has 2 N–H and O–H groups in total. The van der Waals surface area contributed by atoms with Gasteiger partial charge in [0.15, 0.2) is 0 Å². The molecule has 1 aromatic carbocycles. The Morgan fingerprint density at radius 1 is 1.32 bits per heavy atom. The quantitative estimate of drug-likeness (QED) is 0.751. The Bertz CT molecular complexity index is 679. The first-order valence-electron chi connectivity index (χ1n) is 6.01. The summed E-state index contributed by atoms with van der Waals surface area (Å²) < 4.78 is 5.23. The first-order chi connectivity index (χ1) is 9.36. The SMILES string of the molecule is COc1ccc2c(NCc3cnc[nH]3)nccc2c1. The van der Waals surface area contributed by atoms with E-state index in [0.717, 1.165) is 28.0 Å². The van der Waals surface area contributed by atoms with Crippen LogP contribution in [-0.2, 0) is 6.54 Å². The number of imidazole rings is 1. The third-order valence-corrected chi connectivity index (χ3v) is 2.97. The lowest BCUT2D eigenvalue weighted by Crippen LogP contribution is -2.02. The number of ether oxygens (including phenoxy) is 1. The highest BCUT2D eigenvalue weighted by atomic mass is 16.5. The van der Waals surface area contributed by atoms with Gasteiger partial charge in [0.1, 0.15) is 11.6 Å². The van der Waals surface area contributed by atoms with Gasteiger partial charge >= 0.3 is 0 Å². The summed E-state index contributed by atoms with van der Waals surface area (Å²) in [6, 6.07) is 7.92. The Morgan fingerprint density at radius 2 is 2.26 bits per heavy atom. The van der Waals surface area contributed by atoms with Gasteiger partial charge in [0.05, 0.1) is 25.7 Å². The first-order valence-corrected chi connectivity index (χ1v) is 6.01. The lowest BCUT2D eigenvalue weighted by molar-refractivity contribution is 0.415. The number of hydrogen-bond donors (Lipinski definition) is 2. The lowest BCUT2D eigenvalue weighted by atomic mass is 10.1. The van der Waals surface area contributed by atoms with Gasteiger partial charge in [0.2, 0.25) is 0 Å². The molecular formula is C14H14N4O. The van der Waals surface area contributed by atoms with Crippen molar-refractivity contribution in [2.45, 2.75) is 6.54 Å². The molecule has 0 atom stereocenters. The van der Waals surface area contributed by atoms with Crippen molar-refractivity contribution in [1.29, 1.82) is 0 Å². The van der Waals surface area contributed by atoms with Crippen molar-refractivity contribution in [3.05, 3.63) is 48.7 Å². The van der Waals surface area contributed by atoms with E-state index in [2.05, 4.69) is 20.3 Å². The summed E-state index contributed by atoms with van der Waals surface area (Å²) in [6.45, 7) is 0.665. The van der Waals surface area contributed by atoms with Crippen LogP contribution in [0.25, 0.3) is 10.8 Å². The van der Waals surface area contributed by atoms with Crippen LogP contribution in [0.1, 0.15) is 5.69 Å². The lowest BCUT2D eigenvalue weighted by Gasteiger charge is -2.08. The highest BCUT2D eigenvalue weighted by Crippen LogP contribution is 2.25. The maximum atomic E-state index is 5.23. The number of nitrogens with zero attached hydrogens (tertiary/aromatic N) is 2. The number of methoxy groups -OCH3 is 1. The molecule has 2 aromatic heterocycles. The average molecular weight is 254 g/mol. The molecule has 0 saturated heterocycles. The smallest absolute Gasteiger partial charge is 0.134 e. The van der Waals surface area contributed by atoms with E-state index in [4.69, 9.17) is 4.74 Å². The molecule has 0 spiro atoms. The van der Waals surface area contributed by atoms with Crippen molar-refractivity contribution in [3.8, 4) is 5.75 Å². The van der Waals surface area contributed by atoms with Gasteiger partial charge in [-0.1, -0.05) is 0 Å². The van der Waals surface area contributed by atoms with Crippen molar-refractivity contribution in [3.63, 3.8) is 0 Å². The number of fused-ring (bicyclic) bond motifs is 1. The average Bonchev–Trinajstić information content (AvgIpc) is 2.97. The summed E-state index contributed by atoms with van der Waals surface area (Å²) in [6.07, 6.45) is 5.25. The molecule has 3 rings (SSSR count). The van der Waals surface area contributed by atoms with E-state index in [1.54, 1.807) is 25.8 Å². The fourth-order valence-electron chi connectivity index (χ4n) is 1.98. The van der Waals surface area contributed by atoms with Gasteiger partial charge in [-0.2, -0.15) is 0 Å². The second kappa shape index (κ2) is 4.97. The van der Waals surface area contributed by atoms with Crippen molar-refractivity contribution in [2.24, 2.45) is 0 Å². The number of anilines is 1. The molecule has 96 valence electrons. The number of pyridine rings is 1. The molecule has 0 aliphatic rings. The summed E-state index contributed by atoms with van der Waals surface area (Å²) in [4.78, 5) is 11.4. The van der Waals surface area contributed by atoms with E-state index in [-0.39, 0.29) is 0 Å². The standard InChI is InChI=1S/C14H14N4O/c1-19-12-2-3-13-10(6-12)4-5-16-14(13)17-8-11-7-15-9-18-11/h2-7,9H,8H2,1H3,(H,15,18)(H,16,17). The van der Waals surface area contributed by atoms with Crippen LogP contribution >= 0.6 is 0 Å². The minimum atomic E-state index is 0.665. The van der Waals surface area contributed by atoms with E-state index >= 15 is 0 Å². The zero-order valence-corrected chi connectivity index (χ0v) is 10.6. The predicted octanol–water partition coefficient (Wildman–Crippen LogP) is 2.58.